The lowest BCUT2D eigenvalue weighted by atomic mass is 10.0. The number of phenols is 2. The first kappa shape index (κ1) is 21.7. The average molecular weight is 449 g/mol. The van der Waals surface area contributed by atoms with Crippen LogP contribution in [0.25, 0.3) is 22.3 Å². The summed E-state index contributed by atoms with van der Waals surface area (Å²) in [5, 5.41) is 21.9. The van der Waals surface area contributed by atoms with Crippen molar-refractivity contribution in [2.45, 2.75) is 6.42 Å². The van der Waals surface area contributed by atoms with E-state index in [-0.39, 0.29) is 0 Å². The minimum atomic E-state index is 0.294. The van der Waals surface area contributed by atoms with E-state index in [0.29, 0.717) is 18.2 Å². The summed E-state index contributed by atoms with van der Waals surface area (Å²) in [5.74, 6) is 0.589. The van der Waals surface area contributed by atoms with E-state index in [2.05, 4.69) is 9.15 Å². The fourth-order valence-electron chi connectivity index (χ4n) is 4.49. The largest absolute Gasteiger partial charge is 0.506 e. The van der Waals surface area contributed by atoms with E-state index in [9.17, 15) is 10.2 Å². The highest BCUT2D eigenvalue weighted by Crippen LogP contribution is 2.32. The minimum absolute atomic E-state index is 0.294. The SMILES string of the molecule is Oc1c(/C=[N+]2/CCC/[N+](=C/c3cccc(-c4ccccc4)c3O)C2)cccc1-c1ccccc1. The number of hydrogen-bond donors (Lipinski definition) is 2. The van der Waals surface area contributed by atoms with Crippen LogP contribution in [0.1, 0.15) is 17.5 Å². The van der Waals surface area contributed by atoms with Crippen LogP contribution in [0.3, 0.4) is 0 Å². The van der Waals surface area contributed by atoms with Crippen LogP contribution in [-0.2, 0) is 0 Å². The van der Waals surface area contributed by atoms with E-state index in [1.807, 2.05) is 109 Å². The number of phenolic OH excluding ortho intramolecular Hbond substituents is 2. The van der Waals surface area contributed by atoms with Crippen molar-refractivity contribution in [1.29, 1.82) is 0 Å². The van der Waals surface area contributed by atoms with Gasteiger partial charge in [-0.3, -0.25) is 0 Å². The predicted molar refractivity (Wildman–Crippen MR) is 137 cm³/mol. The van der Waals surface area contributed by atoms with Gasteiger partial charge in [0.25, 0.3) is 0 Å². The summed E-state index contributed by atoms with van der Waals surface area (Å²) in [5.41, 5.74) is 5.26. The van der Waals surface area contributed by atoms with Crippen LogP contribution < -0.4 is 0 Å². The van der Waals surface area contributed by atoms with E-state index in [4.69, 9.17) is 0 Å². The van der Waals surface area contributed by atoms with Crippen molar-refractivity contribution < 1.29 is 19.4 Å². The van der Waals surface area contributed by atoms with Crippen LogP contribution in [0, 0.1) is 0 Å². The number of aromatic hydroxyl groups is 2. The highest BCUT2D eigenvalue weighted by Gasteiger charge is 2.23. The smallest absolute Gasteiger partial charge is 0.334 e. The van der Waals surface area contributed by atoms with Crippen LogP contribution in [0.5, 0.6) is 11.5 Å². The maximum absolute atomic E-state index is 10.9. The summed E-state index contributed by atoms with van der Waals surface area (Å²) in [7, 11) is 0. The quantitative estimate of drug-likeness (QED) is 0.413. The van der Waals surface area contributed by atoms with Gasteiger partial charge in [0.1, 0.15) is 11.5 Å². The van der Waals surface area contributed by atoms with Gasteiger partial charge in [-0.15, -0.1) is 0 Å². The number of para-hydroxylation sites is 2. The molecule has 1 saturated heterocycles. The Kier molecular flexibility index (Phi) is 6.21. The van der Waals surface area contributed by atoms with E-state index in [0.717, 1.165) is 52.9 Å². The lowest BCUT2D eigenvalue weighted by Gasteiger charge is -2.12. The van der Waals surface area contributed by atoms with Gasteiger partial charge in [-0.05, 0) is 23.3 Å². The molecule has 168 valence electrons. The summed E-state index contributed by atoms with van der Waals surface area (Å²) in [6.45, 7) is 2.51. The maximum Gasteiger partial charge on any atom is 0.334 e. The molecule has 4 aromatic rings. The van der Waals surface area contributed by atoms with E-state index >= 15 is 0 Å². The minimum Gasteiger partial charge on any atom is -0.506 e. The van der Waals surface area contributed by atoms with Gasteiger partial charge >= 0.3 is 6.67 Å². The Balaban J connectivity index is 1.42. The Morgan fingerprint density at radius 1 is 0.529 bits per heavy atom. The highest BCUT2D eigenvalue weighted by atomic mass is 16.3. The zero-order valence-corrected chi connectivity index (χ0v) is 19.0. The standard InChI is InChI=1S/C30H26N2O2/c33-29-25(14-7-16-27(29)23-10-3-1-4-11-23)20-31-18-9-19-32(22-31)21-26-15-8-17-28(30(26)34)24-12-5-2-6-13-24/h1-8,10-17,20-21H,9,18-19,22H2/p+2. The molecule has 0 unspecified atom stereocenters. The summed E-state index contributed by atoms with van der Waals surface area (Å²) in [6, 6.07) is 31.6. The van der Waals surface area contributed by atoms with Gasteiger partial charge in [0.2, 0.25) is 0 Å². The first-order valence-electron chi connectivity index (χ1n) is 11.6. The molecular weight excluding hydrogens is 420 g/mol. The van der Waals surface area contributed by atoms with Crippen LogP contribution >= 0.6 is 0 Å². The van der Waals surface area contributed by atoms with Gasteiger partial charge in [-0.1, -0.05) is 84.9 Å². The summed E-state index contributed by atoms with van der Waals surface area (Å²) in [6.07, 6.45) is 5.05. The lowest BCUT2D eigenvalue weighted by molar-refractivity contribution is -0.747. The van der Waals surface area contributed by atoms with E-state index < -0.39 is 0 Å². The molecule has 0 saturated carbocycles. The zero-order valence-electron chi connectivity index (χ0n) is 19.0. The maximum atomic E-state index is 10.9. The lowest BCUT2D eigenvalue weighted by Crippen LogP contribution is -2.35. The van der Waals surface area contributed by atoms with Crippen molar-refractivity contribution in [2.75, 3.05) is 19.8 Å². The fourth-order valence-corrected chi connectivity index (χ4v) is 4.49. The summed E-state index contributed by atoms with van der Waals surface area (Å²) in [4.78, 5) is 0. The second-order valence-corrected chi connectivity index (χ2v) is 8.60. The molecule has 0 aliphatic carbocycles. The second kappa shape index (κ2) is 9.75. The monoisotopic (exact) mass is 448 g/mol. The van der Waals surface area contributed by atoms with Crippen molar-refractivity contribution in [2.24, 2.45) is 0 Å². The third-order valence-corrected chi connectivity index (χ3v) is 6.20. The van der Waals surface area contributed by atoms with Crippen LogP contribution in [0.4, 0.5) is 0 Å². The molecule has 0 amide bonds. The molecule has 1 fully saturated rings. The molecule has 2 N–H and O–H groups in total. The van der Waals surface area contributed by atoms with Crippen molar-refractivity contribution in [3.05, 3.63) is 108 Å². The molecule has 0 atom stereocenters. The molecule has 34 heavy (non-hydrogen) atoms. The number of nitrogens with zero attached hydrogens (tertiary/aromatic N) is 2. The molecule has 1 heterocycles. The topological polar surface area (TPSA) is 46.5 Å². The molecule has 0 bridgehead atoms. The van der Waals surface area contributed by atoms with Crippen LogP contribution in [0.2, 0.25) is 0 Å². The molecule has 0 aromatic heterocycles. The number of hydrogen-bond acceptors (Lipinski definition) is 2. The van der Waals surface area contributed by atoms with Crippen molar-refractivity contribution in [3.63, 3.8) is 0 Å². The summed E-state index contributed by atoms with van der Waals surface area (Å²) >= 11 is 0. The predicted octanol–water partition coefficient (Wildman–Crippen LogP) is 5.36. The Hall–Kier alpha value is -4.18. The Bertz CT molecular complexity index is 1250. The van der Waals surface area contributed by atoms with Gasteiger partial charge in [0, 0.05) is 11.1 Å². The molecule has 5 rings (SSSR count). The van der Waals surface area contributed by atoms with Gasteiger partial charge in [0.05, 0.1) is 17.5 Å². The third-order valence-electron chi connectivity index (χ3n) is 6.20. The Morgan fingerprint density at radius 3 is 1.41 bits per heavy atom. The molecule has 4 heteroatoms. The Labute approximate surface area is 200 Å². The van der Waals surface area contributed by atoms with Gasteiger partial charge in [0.15, 0.2) is 25.5 Å². The van der Waals surface area contributed by atoms with E-state index in [1.165, 1.54) is 0 Å². The van der Waals surface area contributed by atoms with Gasteiger partial charge in [-0.25, -0.2) is 0 Å². The van der Waals surface area contributed by atoms with Crippen molar-refractivity contribution >= 4 is 12.4 Å². The molecule has 0 spiro atoms. The fraction of sp³-hybridized carbons (Fsp3) is 0.133. The van der Waals surface area contributed by atoms with Crippen LogP contribution in [-0.4, -0.2) is 51.6 Å². The molecule has 1 aliphatic heterocycles. The van der Waals surface area contributed by atoms with Crippen LogP contribution in [0.15, 0.2) is 97.1 Å². The molecule has 1 aliphatic rings. The zero-order chi connectivity index (χ0) is 23.3. The Morgan fingerprint density at radius 2 is 0.971 bits per heavy atom. The molecule has 4 nitrogen and oxygen atoms in total. The highest BCUT2D eigenvalue weighted by molar-refractivity contribution is 5.87. The first-order chi connectivity index (χ1) is 16.7. The normalized spacial score (nSPS) is 16.1. The number of benzene rings is 4. The molecule has 0 radical (unpaired) electrons. The van der Waals surface area contributed by atoms with Crippen molar-refractivity contribution in [3.8, 4) is 33.8 Å². The van der Waals surface area contributed by atoms with E-state index in [1.54, 1.807) is 0 Å². The number of rotatable bonds is 4. The molecular formula is C30H28N2O2+2. The van der Waals surface area contributed by atoms with Gasteiger partial charge < -0.3 is 10.2 Å². The van der Waals surface area contributed by atoms with Gasteiger partial charge in [-0.2, -0.15) is 9.15 Å². The molecule has 4 aromatic carbocycles. The average Bonchev–Trinajstić information content (AvgIpc) is 2.88. The summed E-state index contributed by atoms with van der Waals surface area (Å²) < 4.78 is 4.42. The third kappa shape index (κ3) is 4.62. The first-order valence-corrected chi connectivity index (χ1v) is 11.6. The van der Waals surface area contributed by atoms with Crippen molar-refractivity contribution in [1.82, 2.24) is 0 Å². The second-order valence-electron chi connectivity index (χ2n) is 8.60.